The molecule has 4 nitrogen and oxygen atoms in total. The van der Waals surface area contributed by atoms with Crippen LogP contribution in [0.4, 0.5) is 11.4 Å². The third-order valence-corrected chi connectivity index (χ3v) is 12.4. The van der Waals surface area contributed by atoms with Crippen LogP contribution in [0.3, 0.4) is 0 Å². The molecule has 0 amide bonds. The van der Waals surface area contributed by atoms with E-state index in [4.69, 9.17) is 0 Å². The Morgan fingerprint density at radius 1 is 0.420 bits per heavy atom. The Morgan fingerprint density at radius 2 is 0.820 bits per heavy atom. The quantitative estimate of drug-likeness (QED) is 0.0470. The number of para-hydroxylation sites is 2. The van der Waals surface area contributed by atoms with Crippen LogP contribution >= 0.6 is 7.28 Å². The predicted octanol–water partition coefficient (Wildman–Crippen LogP) is 13.4. The Hall–Kier alpha value is -2.23. The summed E-state index contributed by atoms with van der Waals surface area (Å²) < 4.78 is 0. The summed E-state index contributed by atoms with van der Waals surface area (Å²) in [5, 5.41) is 3.77. The number of aryl methyl sites for hydroxylation is 1. The molecule has 0 bridgehead atoms. The van der Waals surface area contributed by atoms with Gasteiger partial charge in [0.2, 0.25) is 0 Å². The van der Waals surface area contributed by atoms with E-state index in [0.29, 0.717) is 11.7 Å². The van der Waals surface area contributed by atoms with Gasteiger partial charge in [-0.3, -0.25) is 0 Å². The van der Waals surface area contributed by atoms with Crippen molar-refractivity contribution in [2.24, 2.45) is 0 Å². The van der Waals surface area contributed by atoms with Crippen LogP contribution in [-0.2, 0) is 12.8 Å². The fraction of sp³-hybridized carbons (Fsp3) is 0.600. The van der Waals surface area contributed by atoms with E-state index in [-0.39, 0.29) is 6.16 Å². The molecular weight excluding hydrogens is 633 g/mol. The van der Waals surface area contributed by atoms with Gasteiger partial charge in [0.15, 0.2) is 0 Å². The number of anilines is 2. The molecule has 0 spiro atoms. The zero-order chi connectivity index (χ0) is 36.2. The first-order chi connectivity index (χ1) is 24.3. The van der Waals surface area contributed by atoms with Crippen molar-refractivity contribution in [3.63, 3.8) is 0 Å². The van der Waals surface area contributed by atoms with Gasteiger partial charge in [0.05, 0.1) is 0 Å². The first kappa shape index (κ1) is 43.9. The molecular formula is C45H74NO3P. The SMILES string of the molecule is CCCCCCCCCc1cccc(P(O)(O)(O)CCCCCCCCC)c1CCCCCCCCC.c1ccc(Nc2ccccc2)cc1. The van der Waals surface area contributed by atoms with Gasteiger partial charge in [0.1, 0.15) is 0 Å². The topological polar surface area (TPSA) is 72.7 Å². The third kappa shape index (κ3) is 19.4. The molecule has 0 saturated carbocycles. The number of rotatable bonds is 27. The van der Waals surface area contributed by atoms with Crippen LogP contribution in [-0.4, -0.2) is 20.8 Å². The summed E-state index contributed by atoms with van der Waals surface area (Å²) in [7, 11) is -4.88. The molecule has 3 aromatic rings. The molecule has 3 aromatic carbocycles. The van der Waals surface area contributed by atoms with Gasteiger partial charge in [-0.05, 0) is 24.3 Å². The molecule has 0 heterocycles. The van der Waals surface area contributed by atoms with E-state index in [9.17, 15) is 14.7 Å². The maximum Gasteiger partial charge on any atom is 0.0384 e. The second-order valence-corrected chi connectivity index (χ2v) is 17.7. The van der Waals surface area contributed by atoms with Gasteiger partial charge in [-0.2, -0.15) is 0 Å². The molecule has 4 N–H and O–H groups in total. The monoisotopic (exact) mass is 708 g/mol. The Morgan fingerprint density at radius 3 is 1.28 bits per heavy atom. The second-order valence-electron chi connectivity index (χ2n) is 14.5. The minimum absolute atomic E-state index is 0.101. The molecule has 282 valence electrons. The Balaban J connectivity index is 0.000000548. The molecule has 0 fully saturated rings. The van der Waals surface area contributed by atoms with Crippen molar-refractivity contribution in [3.8, 4) is 0 Å². The molecule has 0 saturated heterocycles. The first-order valence-electron chi connectivity index (χ1n) is 20.5. The first-order valence-corrected chi connectivity index (χ1v) is 22.8. The van der Waals surface area contributed by atoms with Crippen molar-refractivity contribution in [3.05, 3.63) is 90.0 Å². The van der Waals surface area contributed by atoms with Crippen LogP contribution in [0.25, 0.3) is 0 Å². The minimum Gasteiger partial charge on any atom is -0.356 e. The summed E-state index contributed by atoms with van der Waals surface area (Å²) in [6.45, 7) is 6.73. The van der Waals surface area contributed by atoms with Crippen LogP contribution in [0.1, 0.15) is 167 Å². The van der Waals surface area contributed by atoms with Crippen molar-refractivity contribution in [2.75, 3.05) is 11.5 Å². The van der Waals surface area contributed by atoms with Crippen LogP contribution in [0.15, 0.2) is 78.9 Å². The average molecular weight is 708 g/mol. The largest absolute Gasteiger partial charge is 0.356 e. The van der Waals surface area contributed by atoms with Crippen LogP contribution in [0.2, 0.25) is 0 Å². The predicted molar refractivity (Wildman–Crippen MR) is 222 cm³/mol. The number of unbranched alkanes of at least 4 members (excludes halogenated alkanes) is 18. The summed E-state index contributed by atoms with van der Waals surface area (Å²) >= 11 is 0. The van der Waals surface area contributed by atoms with Gasteiger partial charge >= 0.3 is 231 Å². The summed E-state index contributed by atoms with van der Waals surface area (Å²) in [5.41, 5.74) is 4.50. The summed E-state index contributed by atoms with van der Waals surface area (Å²) in [5.74, 6) is 0. The summed E-state index contributed by atoms with van der Waals surface area (Å²) in [4.78, 5) is 34.0. The van der Waals surface area contributed by atoms with Crippen LogP contribution in [0.5, 0.6) is 0 Å². The molecule has 0 unspecified atom stereocenters. The third-order valence-electron chi connectivity index (χ3n) is 9.83. The van der Waals surface area contributed by atoms with E-state index < -0.39 is 7.28 Å². The zero-order valence-electron chi connectivity index (χ0n) is 32.3. The fourth-order valence-corrected chi connectivity index (χ4v) is 9.04. The molecule has 3 rings (SSSR count). The molecule has 5 heteroatoms. The summed E-state index contributed by atoms with van der Waals surface area (Å²) in [6.07, 6.45) is 27.2. The number of hydrogen-bond acceptors (Lipinski definition) is 4. The molecule has 0 aliphatic rings. The van der Waals surface area contributed by atoms with Gasteiger partial charge in [-0.25, -0.2) is 0 Å². The maximum atomic E-state index is 11.3. The fourth-order valence-electron chi connectivity index (χ4n) is 6.79. The summed E-state index contributed by atoms with van der Waals surface area (Å²) in [6, 6.07) is 26.2. The van der Waals surface area contributed by atoms with E-state index >= 15 is 0 Å². The minimum atomic E-state index is -4.88. The number of nitrogens with one attached hydrogen (secondary N) is 1. The average Bonchev–Trinajstić information content (AvgIpc) is 3.12. The smallest absolute Gasteiger partial charge is 0.0384 e. The maximum absolute atomic E-state index is 11.3. The van der Waals surface area contributed by atoms with Crippen LogP contribution < -0.4 is 10.6 Å². The molecule has 0 atom stereocenters. The second kappa shape index (κ2) is 26.5. The number of hydrogen-bond donors (Lipinski definition) is 4. The standard InChI is InChI=1S/C33H63O3P.C12H11N/c1-4-7-10-13-16-19-22-26-31-27-25-29-33(32(31)28-23-20-17-14-11-8-5-2)37(34,35,36)30-24-21-18-15-12-9-6-3;1-3-7-11(8-4-1)13-12-9-5-2-6-10-12/h25,27,29,34-36H,4-24,26,28,30H2,1-3H3;1-10,13H. The van der Waals surface area contributed by atoms with Gasteiger partial charge in [-0.1, -0.05) is 36.4 Å². The van der Waals surface area contributed by atoms with E-state index in [0.717, 1.165) is 55.5 Å². The van der Waals surface area contributed by atoms with E-state index in [1.807, 2.05) is 72.8 Å². The van der Waals surface area contributed by atoms with E-state index in [2.05, 4.69) is 32.2 Å². The molecule has 0 aromatic heterocycles. The Labute approximate surface area is 307 Å². The van der Waals surface area contributed by atoms with Gasteiger partial charge < -0.3 is 5.32 Å². The van der Waals surface area contributed by atoms with Crippen molar-refractivity contribution in [2.45, 2.75) is 168 Å². The van der Waals surface area contributed by atoms with E-state index in [1.54, 1.807) is 0 Å². The van der Waals surface area contributed by atoms with E-state index in [1.165, 1.54) is 108 Å². The van der Waals surface area contributed by atoms with Gasteiger partial charge in [-0.15, -0.1) is 0 Å². The van der Waals surface area contributed by atoms with Gasteiger partial charge in [0.25, 0.3) is 0 Å². The van der Waals surface area contributed by atoms with Gasteiger partial charge in [0, 0.05) is 11.4 Å². The Bertz CT molecular complexity index is 1190. The van der Waals surface area contributed by atoms with Crippen LogP contribution in [0, 0.1) is 0 Å². The normalized spacial score (nSPS) is 12.2. The van der Waals surface area contributed by atoms with Crippen molar-refractivity contribution < 1.29 is 14.7 Å². The van der Waals surface area contributed by atoms with Crippen molar-refractivity contribution in [1.82, 2.24) is 0 Å². The van der Waals surface area contributed by atoms with Crippen molar-refractivity contribution in [1.29, 1.82) is 0 Å². The Kier molecular flexibility index (Phi) is 23.3. The van der Waals surface area contributed by atoms with Crippen molar-refractivity contribution >= 4 is 24.0 Å². The molecule has 0 aliphatic heterocycles. The molecule has 0 radical (unpaired) electrons. The molecule has 50 heavy (non-hydrogen) atoms. The molecule has 0 aliphatic carbocycles. The zero-order valence-corrected chi connectivity index (χ0v) is 33.2. The number of benzene rings is 3.